The van der Waals surface area contributed by atoms with Crippen molar-refractivity contribution in [2.24, 2.45) is 5.92 Å². The van der Waals surface area contributed by atoms with Gasteiger partial charge in [-0.25, -0.2) is 0 Å². The van der Waals surface area contributed by atoms with Crippen LogP contribution in [0, 0.1) is 5.92 Å². The van der Waals surface area contributed by atoms with Crippen molar-refractivity contribution in [3.8, 4) is 0 Å². The molecule has 0 N–H and O–H groups in total. The third-order valence-electron chi connectivity index (χ3n) is 4.86. The fourth-order valence-electron chi connectivity index (χ4n) is 3.99. The number of fused-ring (bicyclic) bond motifs is 2. The minimum Gasteiger partial charge on any atom is -0.466 e. The van der Waals surface area contributed by atoms with Gasteiger partial charge < -0.3 is 9.47 Å². The molecule has 2 unspecified atom stereocenters. The summed E-state index contributed by atoms with van der Waals surface area (Å²) in [6.07, 6.45) is 7.74. The van der Waals surface area contributed by atoms with Crippen LogP contribution in [0.4, 0.5) is 0 Å². The zero-order valence-electron chi connectivity index (χ0n) is 11.8. The molecule has 0 radical (unpaired) electrons. The van der Waals surface area contributed by atoms with Gasteiger partial charge in [0.1, 0.15) is 0 Å². The van der Waals surface area contributed by atoms with Gasteiger partial charge in [-0.3, -0.25) is 9.69 Å². The highest BCUT2D eigenvalue weighted by molar-refractivity contribution is 5.73. The Balaban J connectivity index is 1.68. The van der Waals surface area contributed by atoms with Crippen molar-refractivity contribution in [3.05, 3.63) is 0 Å². The lowest BCUT2D eigenvalue weighted by Gasteiger charge is -2.42. The minimum absolute atomic E-state index is 0.0195. The number of rotatable bonds is 3. The fraction of sp³-hybridized carbons (Fsp3) is 0.933. The fourth-order valence-corrected chi connectivity index (χ4v) is 3.99. The van der Waals surface area contributed by atoms with Crippen LogP contribution in [0.2, 0.25) is 0 Å². The first-order valence-corrected chi connectivity index (χ1v) is 7.84. The molecule has 4 heteroatoms. The quantitative estimate of drug-likeness (QED) is 0.733. The molecule has 4 atom stereocenters. The van der Waals surface area contributed by atoms with E-state index in [-0.39, 0.29) is 11.9 Å². The lowest BCUT2D eigenvalue weighted by atomic mass is 9.83. The first-order valence-electron chi connectivity index (χ1n) is 7.84. The molecule has 2 aliphatic heterocycles. The molecule has 1 saturated carbocycles. The van der Waals surface area contributed by atoms with Crippen LogP contribution >= 0.6 is 0 Å². The second-order valence-corrected chi connectivity index (χ2v) is 6.12. The average molecular weight is 267 g/mol. The summed E-state index contributed by atoms with van der Waals surface area (Å²) < 4.78 is 11.2. The number of ether oxygens (including phenoxy) is 2. The maximum absolute atomic E-state index is 12.1. The molecule has 108 valence electrons. The Labute approximate surface area is 115 Å². The van der Waals surface area contributed by atoms with Crippen molar-refractivity contribution in [1.82, 2.24) is 4.90 Å². The van der Waals surface area contributed by atoms with E-state index in [1.165, 1.54) is 19.3 Å². The predicted molar refractivity (Wildman–Crippen MR) is 71.8 cm³/mol. The van der Waals surface area contributed by atoms with Crippen molar-refractivity contribution >= 4 is 5.97 Å². The monoisotopic (exact) mass is 267 g/mol. The molecule has 3 aliphatic rings. The lowest BCUT2D eigenvalue weighted by molar-refractivity contribution is -0.154. The van der Waals surface area contributed by atoms with Gasteiger partial charge in [-0.05, 0) is 32.6 Å². The molecule has 2 saturated heterocycles. The van der Waals surface area contributed by atoms with Crippen LogP contribution in [0.15, 0.2) is 0 Å². The van der Waals surface area contributed by atoms with Crippen LogP contribution in [0.5, 0.6) is 0 Å². The first-order chi connectivity index (χ1) is 9.28. The summed E-state index contributed by atoms with van der Waals surface area (Å²) in [5.41, 5.74) is 0. The van der Waals surface area contributed by atoms with Gasteiger partial charge in [0.2, 0.25) is 0 Å². The molecule has 4 nitrogen and oxygen atoms in total. The number of hydrogen-bond acceptors (Lipinski definition) is 4. The zero-order valence-corrected chi connectivity index (χ0v) is 11.8. The molecule has 3 fully saturated rings. The summed E-state index contributed by atoms with van der Waals surface area (Å²) >= 11 is 0. The molecule has 3 rings (SSSR count). The van der Waals surface area contributed by atoms with E-state index < -0.39 is 0 Å². The molecule has 2 heterocycles. The molecule has 19 heavy (non-hydrogen) atoms. The smallest absolute Gasteiger partial charge is 0.310 e. The maximum Gasteiger partial charge on any atom is 0.310 e. The normalized spacial score (nSPS) is 39.2. The van der Waals surface area contributed by atoms with E-state index in [1.807, 2.05) is 6.92 Å². The van der Waals surface area contributed by atoms with Crippen LogP contribution in [0.25, 0.3) is 0 Å². The summed E-state index contributed by atoms with van der Waals surface area (Å²) in [7, 11) is 0. The van der Waals surface area contributed by atoms with E-state index in [4.69, 9.17) is 9.47 Å². The molecule has 2 bridgehead atoms. The number of carbonyl (C=O) groups excluding carboxylic acids is 1. The number of esters is 1. The van der Waals surface area contributed by atoms with Crippen LogP contribution in [-0.2, 0) is 14.3 Å². The molecular weight excluding hydrogens is 242 g/mol. The number of nitrogens with zero attached hydrogens (tertiary/aromatic N) is 1. The molecule has 0 aromatic rings. The lowest BCUT2D eigenvalue weighted by Crippen LogP contribution is -2.53. The molecule has 0 spiro atoms. The summed E-state index contributed by atoms with van der Waals surface area (Å²) in [5, 5.41) is 0. The maximum atomic E-state index is 12.1. The van der Waals surface area contributed by atoms with E-state index in [2.05, 4.69) is 4.90 Å². The van der Waals surface area contributed by atoms with Crippen LogP contribution < -0.4 is 0 Å². The number of carbonyl (C=O) groups is 1. The molecule has 1 aliphatic carbocycles. The molecule has 0 aromatic heterocycles. The minimum atomic E-state index is 0.0195. The second kappa shape index (κ2) is 5.80. The van der Waals surface area contributed by atoms with E-state index in [1.54, 1.807) is 0 Å². The Hall–Kier alpha value is -0.610. The Bertz CT molecular complexity index is 321. The Morgan fingerprint density at radius 2 is 1.84 bits per heavy atom. The Morgan fingerprint density at radius 1 is 1.16 bits per heavy atom. The summed E-state index contributed by atoms with van der Waals surface area (Å²) in [6, 6.07) is 0.389. The van der Waals surface area contributed by atoms with Crippen molar-refractivity contribution in [3.63, 3.8) is 0 Å². The summed E-state index contributed by atoms with van der Waals surface area (Å²) in [4.78, 5) is 14.7. The number of hydrogen-bond donors (Lipinski definition) is 0. The van der Waals surface area contributed by atoms with Crippen molar-refractivity contribution < 1.29 is 14.3 Å². The van der Waals surface area contributed by atoms with Gasteiger partial charge in [0.15, 0.2) is 0 Å². The highest BCUT2D eigenvalue weighted by Gasteiger charge is 2.41. The largest absolute Gasteiger partial charge is 0.466 e. The highest BCUT2D eigenvalue weighted by Crippen LogP contribution is 2.34. The van der Waals surface area contributed by atoms with E-state index in [0.29, 0.717) is 24.9 Å². The highest BCUT2D eigenvalue weighted by atomic mass is 16.5. The van der Waals surface area contributed by atoms with Crippen LogP contribution in [0.3, 0.4) is 0 Å². The summed E-state index contributed by atoms with van der Waals surface area (Å²) in [6.45, 7) is 4.41. The van der Waals surface area contributed by atoms with Gasteiger partial charge in [0.25, 0.3) is 0 Å². The Kier molecular flexibility index (Phi) is 4.08. The van der Waals surface area contributed by atoms with Gasteiger partial charge >= 0.3 is 5.97 Å². The molecular formula is C15H25NO3. The molecule has 0 aromatic carbocycles. The summed E-state index contributed by atoms with van der Waals surface area (Å²) in [5.74, 6) is 0.109. The van der Waals surface area contributed by atoms with Gasteiger partial charge in [-0.15, -0.1) is 0 Å². The van der Waals surface area contributed by atoms with Crippen LogP contribution in [-0.4, -0.2) is 48.8 Å². The van der Waals surface area contributed by atoms with E-state index >= 15 is 0 Å². The van der Waals surface area contributed by atoms with E-state index in [0.717, 1.165) is 32.4 Å². The van der Waals surface area contributed by atoms with Gasteiger partial charge in [0.05, 0.1) is 24.7 Å². The van der Waals surface area contributed by atoms with Crippen LogP contribution in [0.1, 0.15) is 45.4 Å². The third kappa shape index (κ3) is 2.79. The van der Waals surface area contributed by atoms with E-state index in [9.17, 15) is 4.79 Å². The second-order valence-electron chi connectivity index (χ2n) is 6.12. The standard InChI is InChI=1S/C15H25NO3/c1-2-18-15(17)13-5-3-4-6-14(13)16-9-11-7-8-12(10-16)19-11/h11-14H,2-10H2,1H3/t11?,12?,13-,14-/m1/s1. The number of likely N-dealkylation sites (tertiary alicyclic amines) is 1. The predicted octanol–water partition coefficient (Wildman–Crippen LogP) is 1.97. The average Bonchev–Trinajstić information content (AvgIpc) is 2.78. The zero-order chi connectivity index (χ0) is 13.2. The molecule has 0 amide bonds. The number of morpholine rings is 1. The SMILES string of the molecule is CCOC(=O)[C@@H]1CCCC[C@H]1N1CC2CCC(C1)O2. The van der Waals surface area contributed by atoms with Crippen molar-refractivity contribution in [2.45, 2.75) is 63.7 Å². The third-order valence-corrected chi connectivity index (χ3v) is 4.86. The topological polar surface area (TPSA) is 38.8 Å². The van der Waals surface area contributed by atoms with Crippen molar-refractivity contribution in [2.75, 3.05) is 19.7 Å². The van der Waals surface area contributed by atoms with Gasteiger partial charge in [-0.1, -0.05) is 12.8 Å². The van der Waals surface area contributed by atoms with Gasteiger partial charge in [-0.2, -0.15) is 0 Å². The van der Waals surface area contributed by atoms with Crippen molar-refractivity contribution in [1.29, 1.82) is 0 Å². The first kappa shape index (κ1) is 13.4. The van der Waals surface area contributed by atoms with Gasteiger partial charge in [0, 0.05) is 19.1 Å². The Morgan fingerprint density at radius 3 is 2.53 bits per heavy atom.